The van der Waals surface area contributed by atoms with Gasteiger partial charge in [-0.2, -0.15) is 26.3 Å². The maximum absolute atomic E-state index is 12.7. The Hall–Kier alpha value is -2.39. The lowest BCUT2D eigenvalue weighted by molar-refractivity contribution is -0.193. The number of likely N-dealkylation sites (tertiary alicyclic amines) is 3. The van der Waals surface area contributed by atoms with Gasteiger partial charge in [-0.3, -0.25) is 9.69 Å². The molecule has 3 fully saturated rings. The predicted octanol–water partition coefficient (Wildman–Crippen LogP) is 3.31. The van der Waals surface area contributed by atoms with Crippen molar-refractivity contribution in [3.63, 3.8) is 0 Å². The highest BCUT2D eigenvalue weighted by atomic mass is 32.1. The normalized spacial score (nSPS) is 22.2. The summed E-state index contributed by atoms with van der Waals surface area (Å²) >= 11 is 1.88. The fraction of sp³-hybridized carbons (Fsp3) is 0.682. The van der Waals surface area contributed by atoms with Crippen molar-refractivity contribution in [2.45, 2.75) is 38.7 Å². The van der Waals surface area contributed by atoms with Crippen LogP contribution in [-0.4, -0.2) is 101 Å². The van der Waals surface area contributed by atoms with E-state index in [0.29, 0.717) is 11.8 Å². The number of nitrogens with zero attached hydrogens (tertiary/aromatic N) is 3. The summed E-state index contributed by atoms with van der Waals surface area (Å²) in [5.41, 5.74) is 0. The van der Waals surface area contributed by atoms with Crippen LogP contribution in [0, 0.1) is 18.8 Å². The summed E-state index contributed by atoms with van der Waals surface area (Å²) in [5, 5.41) is 14.2. The molecule has 0 aromatic carbocycles. The van der Waals surface area contributed by atoms with Crippen molar-refractivity contribution in [2.24, 2.45) is 11.8 Å². The lowest BCUT2D eigenvalue weighted by Gasteiger charge is -2.23. The molecule has 2 atom stereocenters. The first-order valence-electron chi connectivity index (χ1n) is 11.5. The van der Waals surface area contributed by atoms with Crippen LogP contribution >= 0.6 is 11.3 Å². The number of aryl methyl sites for hydroxylation is 1. The Kier molecular flexibility index (Phi) is 10.8. The van der Waals surface area contributed by atoms with Gasteiger partial charge in [-0.05, 0) is 45.0 Å². The lowest BCUT2D eigenvalue weighted by atomic mass is 10.0. The third-order valence-electron chi connectivity index (χ3n) is 6.15. The third-order valence-corrected chi connectivity index (χ3v) is 7.13. The molecule has 8 nitrogen and oxygen atoms in total. The molecule has 15 heteroatoms. The SMILES string of the molecule is Cc1ccc(CN2C[C@H]3CN(CCN4CCCC4)C(=O)[C@H]3C2)s1.O=C(O)C(F)(F)F.O=C(O)C(F)(F)F. The van der Waals surface area contributed by atoms with Crippen molar-refractivity contribution in [2.75, 3.05) is 45.8 Å². The molecule has 0 bridgehead atoms. The van der Waals surface area contributed by atoms with Crippen LogP contribution in [0.25, 0.3) is 0 Å². The highest BCUT2D eigenvalue weighted by molar-refractivity contribution is 7.11. The number of thiophene rings is 1. The second-order valence-corrected chi connectivity index (χ2v) is 10.4. The van der Waals surface area contributed by atoms with Gasteiger partial charge in [-0.15, -0.1) is 11.3 Å². The molecule has 1 aromatic heterocycles. The summed E-state index contributed by atoms with van der Waals surface area (Å²) in [6.45, 7) is 10.7. The second-order valence-electron chi connectivity index (χ2n) is 9.01. The van der Waals surface area contributed by atoms with Gasteiger partial charge in [0.05, 0.1) is 5.92 Å². The van der Waals surface area contributed by atoms with Gasteiger partial charge in [-0.25, -0.2) is 9.59 Å². The van der Waals surface area contributed by atoms with Gasteiger partial charge < -0.3 is 20.0 Å². The Morgan fingerprint density at radius 1 is 0.919 bits per heavy atom. The molecule has 0 radical (unpaired) electrons. The Morgan fingerprint density at radius 3 is 1.89 bits per heavy atom. The summed E-state index contributed by atoms with van der Waals surface area (Å²) in [4.78, 5) is 40.4. The van der Waals surface area contributed by atoms with Crippen LogP contribution in [-0.2, 0) is 20.9 Å². The number of amides is 1. The first kappa shape index (κ1) is 30.8. The molecule has 0 aliphatic carbocycles. The van der Waals surface area contributed by atoms with E-state index in [1.165, 1.54) is 35.7 Å². The standard InChI is InChI=1S/C18H27N3OS.2C2HF3O2/c1-14-4-5-16(23-14)12-20-10-15-11-21(18(22)17(15)13-20)9-8-19-6-2-3-7-19;2*3-2(4,5)1(6)7/h4-5,15,17H,2-3,6-13H2,1H3;2*(H,6,7)/t15-,17-;;/m0../s1. The van der Waals surface area contributed by atoms with E-state index >= 15 is 0 Å². The molecule has 4 heterocycles. The Morgan fingerprint density at radius 2 is 1.46 bits per heavy atom. The number of fused-ring (bicyclic) bond motifs is 1. The average Bonchev–Trinajstić information content (AvgIpc) is 3.55. The van der Waals surface area contributed by atoms with E-state index in [1.807, 2.05) is 11.3 Å². The first-order chi connectivity index (χ1) is 17.1. The molecule has 1 amide bonds. The summed E-state index contributed by atoms with van der Waals surface area (Å²) in [6, 6.07) is 4.43. The van der Waals surface area contributed by atoms with E-state index in [0.717, 1.165) is 39.3 Å². The van der Waals surface area contributed by atoms with Gasteiger partial charge in [0.15, 0.2) is 0 Å². The molecule has 0 saturated carbocycles. The van der Waals surface area contributed by atoms with Crippen LogP contribution in [0.3, 0.4) is 0 Å². The number of hydrogen-bond donors (Lipinski definition) is 2. The smallest absolute Gasteiger partial charge is 0.475 e. The fourth-order valence-electron chi connectivity index (χ4n) is 4.42. The summed E-state index contributed by atoms with van der Waals surface area (Å²) in [6.07, 6.45) is -7.51. The Bertz CT molecular complexity index is 909. The molecule has 3 aliphatic heterocycles. The molecule has 37 heavy (non-hydrogen) atoms. The van der Waals surface area contributed by atoms with Crippen molar-refractivity contribution in [3.8, 4) is 0 Å². The fourth-order valence-corrected chi connectivity index (χ4v) is 5.36. The van der Waals surface area contributed by atoms with Crippen LogP contribution in [0.5, 0.6) is 0 Å². The molecule has 2 N–H and O–H groups in total. The number of rotatable bonds is 5. The van der Waals surface area contributed by atoms with Crippen LogP contribution < -0.4 is 0 Å². The zero-order valence-corrected chi connectivity index (χ0v) is 20.8. The molecule has 210 valence electrons. The topological polar surface area (TPSA) is 101 Å². The number of carbonyl (C=O) groups is 3. The number of hydrogen-bond acceptors (Lipinski definition) is 6. The minimum absolute atomic E-state index is 0.259. The molecular weight excluding hydrogens is 532 g/mol. The average molecular weight is 562 g/mol. The van der Waals surface area contributed by atoms with Crippen molar-refractivity contribution in [3.05, 3.63) is 21.9 Å². The molecule has 1 aromatic rings. The van der Waals surface area contributed by atoms with Crippen LogP contribution in [0.15, 0.2) is 12.1 Å². The van der Waals surface area contributed by atoms with E-state index < -0.39 is 24.3 Å². The van der Waals surface area contributed by atoms with Crippen LogP contribution in [0.4, 0.5) is 26.3 Å². The van der Waals surface area contributed by atoms with Gasteiger partial charge in [0, 0.05) is 54.9 Å². The maximum Gasteiger partial charge on any atom is 0.490 e. The van der Waals surface area contributed by atoms with Crippen molar-refractivity contribution < 1.29 is 50.9 Å². The molecule has 3 aliphatic rings. The molecule has 3 saturated heterocycles. The number of carbonyl (C=O) groups excluding carboxylic acids is 1. The van der Waals surface area contributed by atoms with Crippen LogP contribution in [0.2, 0.25) is 0 Å². The summed E-state index contributed by atoms with van der Waals surface area (Å²) < 4.78 is 63.5. The zero-order valence-electron chi connectivity index (χ0n) is 20.0. The van der Waals surface area contributed by atoms with Crippen LogP contribution in [0.1, 0.15) is 22.6 Å². The number of carboxylic acid groups (broad SMARTS) is 2. The second kappa shape index (κ2) is 12.9. The van der Waals surface area contributed by atoms with Gasteiger partial charge in [0.2, 0.25) is 5.91 Å². The zero-order chi connectivity index (χ0) is 28.0. The van der Waals surface area contributed by atoms with E-state index in [4.69, 9.17) is 19.8 Å². The van der Waals surface area contributed by atoms with E-state index in [-0.39, 0.29) is 5.92 Å². The quantitative estimate of drug-likeness (QED) is 0.532. The van der Waals surface area contributed by atoms with Gasteiger partial charge in [0.1, 0.15) is 0 Å². The molecule has 0 unspecified atom stereocenters. The molecule has 0 spiro atoms. The summed E-state index contributed by atoms with van der Waals surface area (Å²) in [5.74, 6) is -4.28. The molecular formula is C22H29F6N3O5S. The highest BCUT2D eigenvalue weighted by Crippen LogP contribution is 2.33. The lowest BCUT2D eigenvalue weighted by Crippen LogP contribution is -2.37. The van der Waals surface area contributed by atoms with Crippen molar-refractivity contribution >= 4 is 29.2 Å². The van der Waals surface area contributed by atoms with Gasteiger partial charge >= 0.3 is 24.3 Å². The minimum Gasteiger partial charge on any atom is -0.475 e. The molecule has 4 rings (SSSR count). The largest absolute Gasteiger partial charge is 0.490 e. The van der Waals surface area contributed by atoms with Gasteiger partial charge in [-0.1, -0.05) is 0 Å². The van der Waals surface area contributed by atoms with Crippen molar-refractivity contribution in [1.82, 2.24) is 14.7 Å². The number of alkyl halides is 6. The first-order valence-corrected chi connectivity index (χ1v) is 12.3. The monoisotopic (exact) mass is 561 g/mol. The Balaban J connectivity index is 0.000000286. The minimum atomic E-state index is -5.08. The van der Waals surface area contributed by atoms with E-state index in [1.54, 1.807) is 0 Å². The van der Waals surface area contributed by atoms with E-state index in [9.17, 15) is 31.1 Å². The van der Waals surface area contributed by atoms with Gasteiger partial charge in [0.25, 0.3) is 0 Å². The predicted molar refractivity (Wildman–Crippen MR) is 121 cm³/mol. The number of carboxylic acids is 2. The number of aliphatic carboxylic acids is 2. The maximum atomic E-state index is 12.7. The highest BCUT2D eigenvalue weighted by Gasteiger charge is 2.46. The van der Waals surface area contributed by atoms with E-state index in [2.05, 4.69) is 33.8 Å². The summed E-state index contributed by atoms with van der Waals surface area (Å²) in [7, 11) is 0. The Labute approximate surface area is 213 Å². The third kappa shape index (κ3) is 9.78. The van der Waals surface area contributed by atoms with Crippen molar-refractivity contribution in [1.29, 1.82) is 0 Å². The number of halogens is 6.